The van der Waals surface area contributed by atoms with E-state index in [0.717, 1.165) is 16.7 Å². The van der Waals surface area contributed by atoms with Gasteiger partial charge in [0.05, 0.1) is 0 Å². The molecule has 0 aliphatic carbocycles. The van der Waals surface area contributed by atoms with Gasteiger partial charge in [-0.2, -0.15) is 8.78 Å². The monoisotopic (exact) mass is 257 g/mol. The van der Waals surface area contributed by atoms with Crippen LogP contribution in [0.15, 0.2) is 9.30 Å². The van der Waals surface area contributed by atoms with E-state index in [1.54, 1.807) is 0 Å². The van der Waals surface area contributed by atoms with Gasteiger partial charge >= 0.3 is 11.9 Å². The lowest BCUT2D eigenvalue weighted by atomic mass is 10.3. The molecule has 0 fully saturated rings. The van der Waals surface area contributed by atoms with Crippen LogP contribution < -0.4 is 0 Å². The van der Waals surface area contributed by atoms with Crippen molar-refractivity contribution in [2.24, 2.45) is 0 Å². The molecule has 3 nitrogen and oxygen atoms in total. The van der Waals surface area contributed by atoms with Crippen LogP contribution in [0.1, 0.15) is 5.69 Å². The number of carboxylic acid groups (broad SMARTS) is 1. The van der Waals surface area contributed by atoms with Gasteiger partial charge in [-0.05, 0) is 15.9 Å². The fourth-order valence-electron chi connectivity index (χ4n) is 0.506. The zero-order chi connectivity index (χ0) is 9.35. The zero-order valence-electron chi connectivity index (χ0n) is 5.42. The molecule has 0 bridgehead atoms. The third-order valence-corrected chi connectivity index (χ3v) is 2.43. The molecule has 1 rings (SSSR count). The largest absolute Gasteiger partial charge is 0.476 e. The van der Waals surface area contributed by atoms with Crippen molar-refractivity contribution in [3.63, 3.8) is 0 Å². The van der Waals surface area contributed by atoms with Crippen molar-refractivity contribution in [2.45, 2.75) is 5.92 Å². The quantitative estimate of drug-likeness (QED) is 0.883. The van der Waals surface area contributed by atoms with Crippen LogP contribution in [-0.2, 0) is 10.7 Å². The zero-order valence-corrected chi connectivity index (χ0v) is 7.82. The van der Waals surface area contributed by atoms with Crippen LogP contribution in [0.5, 0.6) is 0 Å². The van der Waals surface area contributed by atoms with E-state index in [9.17, 15) is 13.6 Å². The van der Waals surface area contributed by atoms with Crippen molar-refractivity contribution >= 4 is 33.2 Å². The van der Waals surface area contributed by atoms with Gasteiger partial charge in [0, 0.05) is 5.38 Å². The first kappa shape index (κ1) is 9.53. The predicted octanol–water partition coefficient (Wildman–Crippen LogP) is 2.08. The van der Waals surface area contributed by atoms with Crippen molar-refractivity contribution < 1.29 is 18.7 Å². The maximum absolute atomic E-state index is 12.6. The number of hydrogen-bond donors (Lipinski definition) is 1. The Hall–Kier alpha value is -0.560. The van der Waals surface area contributed by atoms with Crippen LogP contribution in [0.3, 0.4) is 0 Å². The van der Waals surface area contributed by atoms with Crippen molar-refractivity contribution in [1.29, 1.82) is 0 Å². The van der Waals surface area contributed by atoms with Gasteiger partial charge in [-0.3, -0.25) is 0 Å². The molecule has 0 aromatic carbocycles. The molecule has 0 saturated carbocycles. The fourth-order valence-corrected chi connectivity index (χ4v) is 1.54. The third-order valence-electron chi connectivity index (χ3n) is 1.07. The van der Waals surface area contributed by atoms with Crippen LogP contribution >= 0.6 is 27.3 Å². The van der Waals surface area contributed by atoms with Gasteiger partial charge < -0.3 is 5.11 Å². The lowest BCUT2D eigenvalue weighted by molar-refractivity contribution is -0.166. The predicted molar refractivity (Wildman–Crippen MR) is 41.3 cm³/mol. The molecule has 12 heavy (non-hydrogen) atoms. The van der Waals surface area contributed by atoms with E-state index in [4.69, 9.17) is 5.11 Å². The average Bonchev–Trinajstić information content (AvgIpc) is 2.35. The van der Waals surface area contributed by atoms with Gasteiger partial charge in [-0.15, -0.1) is 11.3 Å². The molecule has 1 aromatic rings. The molecule has 1 heterocycles. The maximum Gasteiger partial charge on any atom is 0.385 e. The van der Waals surface area contributed by atoms with E-state index in [1.807, 2.05) is 0 Å². The highest BCUT2D eigenvalue weighted by Gasteiger charge is 2.43. The summed E-state index contributed by atoms with van der Waals surface area (Å²) in [6.45, 7) is 0. The van der Waals surface area contributed by atoms with E-state index in [2.05, 4.69) is 20.9 Å². The lowest BCUT2D eigenvalue weighted by Gasteiger charge is -2.05. The van der Waals surface area contributed by atoms with E-state index >= 15 is 0 Å². The minimum Gasteiger partial charge on any atom is -0.476 e. The smallest absolute Gasteiger partial charge is 0.385 e. The number of carbonyl (C=O) groups is 1. The number of hydrogen-bond acceptors (Lipinski definition) is 3. The Bertz CT molecular complexity index is 314. The first-order chi connectivity index (χ1) is 5.44. The second kappa shape index (κ2) is 3.06. The summed E-state index contributed by atoms with van der Waals surface area (Å²) in [6, 6.07) is 0. The molecular weight excluding hydrogens is 256 g/mol. The molecule has 0 atom stereocenters. The highest BCUT2D eigenvalue weighted by Crippen LogP contribution is 2.30. The van der Waals surface area contributed by atoms with E-state index in [1.165, 1.54) is 0 Å². The van der Waals surface area contributed by atoms with Gasteiger partial charge in [-0.1, -0.05) is 0 Å². The van der Waals surface area contributed by atoms with Crippen molar-refractivity contribution in [2.75, 3.05) is 0 Å². The summed E-state index contributed by atoms with van der Waals surface area (Å²) >= 11 is 3.77. The van der Waals surface area contributed by atoms with E-state index < -0.39 is 17.6 Å². The van der Waals surface area contributed by atoms with Crippen molar-refractivity contribution in [1.82, 2.24) is 4.98 Å². The molecule has 0 radical (unpaired) electrons. The number of aliphatic carboxylic acids is 1. The number of carboxylic acids is 1. The van der Waals surface area contributed by atoms with Gasteiger partial charge in [0.2, 0.25) is 0 Å². The summed E-state index contributed by atoms with van der Waals surface area (Å²) < 4.78 is 25.5. The molecule has 1 N–H and O–H groups in total. The molecule has 7 heteroatoms. The first-order valence-corrected chi connectivity index (χ1v) is 4.34. The van der Waals surface area contributed by atoms with Crippen LogP contribution in [0, 0.1) is 0 Å². The number of aromatic nitrogens is 1. The number of nitrogens with zero attached hydrogens (tertiary/aromatic N) is 1. The minimum atomic E-state index is -3.90. The summed E-state index contributed by atoms with van der Waals surface area (Å²) in [6.07, 6.45) is 0. The normalized spacial score (nSPS) is 11.6. The Labute approximate surface area is 78.2 Å². The Morgan fingerprint density at radius 2 is 2.33 bits per heavy atom. The second-order valence-corrected chi connectivity index (χ2v) is 4.00. The van der Waals surface area contributed by atoms with Gasteiger partial charge in [-0.25, -0.2) is 9.78 Å². The highest BCUT2D eigenvalue weighted by molar-refractivity contribution is 9.11. The summed E-state index contributed by atoms with van der Waals surface area (Å²) in [5.74, 6) is -6.09. The van der Waals surface area contributed by atoms with Crippen LogP contribution in [0.4, 0.5) is 8.78 Å². The third kappa shape index (κ3) is 1.61. The Morgan fingerprint density at radius 3 is 2.67 bits per heavy atom. The van der Waals surface area contributed by atoms with Crippen LogP contribution in [0.25, 0.3) is 0 Å². The summed E-state index contributed by atoms with van der Waals surface area (Å²) in [7, 11) is 0. The maximum atomic E-state index is 12.6. The average molecular weight is 258 g/mol. The topological polar surface area (TPSA) is 50.2 Å². The summed E-state index contributed by atoms with van der Waals surface area (Å²) in [5, 5.41) is 9.10. The molecule has 0 aliphatic heterocycles. The van der Waals surface area contributed by atoms with Gasteiger partial charge in [0.25, 0.3) is 0 Å². The number of alkyl halides is 2. The number of rotatable bonds is 2. The summed E-state index contributed by atoms with van der Waals surface area (Å²) in [4.78, 5) is 13.3. The van der Waals surface area contributed by atoms with Crippen LogP contribution in [-0.4, -0.2) is 16.1 Å². The minimum absolute atomic E-state index is 0.235. The first-order valence-electron chi connectivity index (χ1n) is 2.67. The number of halogens is 3. The van der Waals surface area contributed by atoms with Gasteiger partial charge in [0.1, 0.15) is 5.69 Å². The SMILES string of the molecule is O=C(O)C(F)(F)c1csc(Br)n1. The molecule has 1 aromatic heterocycles. The van der Waals surface area contributed by atoms with Gasteiger partial charge in [0.15, 0.2) is 3.92 Å². The Kier molecular flexibility index (Phi) is 2.43. The molecule has 0 spiro atoms. The Balaban J connectivity index is 3.05. The van der Waals surface area contributed by atoms with E-state index in [0.29, 0.717) is 0 Å². The molecule has 0 saturated heterocycles. The molecule has 66 valence electrons. The standard InChI is InChI=1S/C5H2BrF2NO2S/c6-4-9-2(1-12-4)5(7,8)3(10)11/h1H,(H,10,11). The molecule has 0 amide bonds. The highest BCUT2D eigenvalue weighted by atomic mass is 79.9. The summed E-state index contributed by atoms with van der Waals surface area (Å²) in [5.41, 5.74) is -0.744. The second-order valence-electron chi connectivity index (χ2n) is 1.87. The number of thiazole rings is 1. The lowest BCUT2D eigenvalue weighted by Crippen LogP contribution is -2.25. The van der Waals surface area contributed by atoms with E-state index in [-0.39, 0.29) is 3.92 Å². The van der Waals surface area contributed by atoms with Crippen molar-refractivity contribution in [3.05, 3.63) is 15.0 Å². The van der Waals surface area contributed by atoms with Crippen molar-refractivity contribution in [3.8, 4) is 0 Å². The molecule has 0 unspecified atom stereocenters. The fraction of sp³-hybridized carbons (Fsp3) is 0.200. The Morgan fingerprint density at radius 1 is 1.75 bits per heavy atom. The van der Waals surface area contributed by atoms with Crippen LogP contribution in [0.2, 0.25) is 0 Å². The molecular formula is C5H2BrF2NO2S. The molecule has 0 aliphatic rings.